The predicted octanol–water partition coefficient (Wildman–Crippen LogP) is 4.69. The zero-order chi connectivity index (χ0) is 17.5. The van der Waals surface area contributed by atoms with Gasteiger partial charge >= 0.3 is 0 Å². The molecular formula is C20H22FN3O. The summed E-state index contributed by atoms with van der Waals surface area (Å²) in [6.45, 7) is 4.16. The van der Waals surface area contributed by atoms with Crippen molar-refractivity contribution in [3.63, 3.8) is 0 Å². The molecule has 0 bridgehead atoms. The third-order valence-electron chi connectivity index (χ3n) is 3.86. The van der Waals surface area contributed by atoms with E-state index in [0.717, 1.165) is 47.5 Å². The van der Waals surface area contributed by atoms with Crippen LogP contribution in [0.5, 0.6) is 5.75 Å². The molecule has 0 saturated carbocycles. The molecule has 1 heterocycles. The normalized spacial score (nSPS) is 10.6. The molecule has 0 radical (unpaired) electrons. The number of nitrogens with one attached hydrogen (secondary N) is 2. The van der Waals surface area contributed by atoms with E-state index in [-0.39, 0.29) is 5.82 Å². The summed E-state index contributed by atoms with van der Waals surface area (Å²) in [5.41, 5.74) is 2.75. The second-order valence-corrected chi connectivity index (χ2v) is 5.67. The SMILES string of the molecule is CCOc1c(NCCCNc2ccc(F)cc2)cnc2ccccc12. The highest BCUT2D eigenvalue weighted by Crippen LogP contribution is 2.32. The highest BCUT2D eigenvalue weighted by Gasteiger charge is 2.09. The lowest BCUT2D eigenvalue weighted by molar-refractivity contribution is 0.345. The van der Waals surface area contributed by atoms with Crippen LogP contribution >= 0.6 is 0 Å². The van der Waals surface area contributed by atoms with E-state index in [1.807, 2.05) is 37.4 Å². The van der Waals surface area contributed by atoms with Crippen LogP contribution in [0.3, 0.4) is 0 Å². The van der Waals surface area contributed by atoms with E-state index in [1.54, 1.807) is 12.1 Å². The Morgan fingerprint density at radius 1 is 1.00 bits per heavy atom. The van der Waals surface area contributed by atoms with Crippen molar-refractivity contribution >= 4 is 22.3 Å². The van der Waals surface area contributed by atoms with Crippen LogP contribution in [-0.4, -0.2) is 24.7 Å². The van der Waals surface area contributed by atoms with Gasteiger partial charge in [0.25, 0.3) is 0 Å². The monoisotopic (exact) mass is 339 g/mol. The van der Waals surface area contributed by atoms with Gasteiger partial charge in [-0.15, -0.1) is 0 Å². The van der Waals surface area contributed by atoms with Crippen molar-refractivity contribution in [2.45, 2.75) is 13.3 Å². The van der Waals surface area contributed by atoms with Crippen LogP contribution in [0.15, 0.2) is 54.7 Å². The molecule has 0 saturated heterocycles. The lowest BCUT2D eigenvalue weighted by Gasteiger charge is -2.14. The van der Waals surface area contributed by atoms with Gasteiger partial charge in [-0.25, -0.2) is 4.39 Å². The molecule has 0 aliphatic rings. The Kier molecular flexibility index (Phi) is 5.67. The van der Waals surface area contributed by atoms with Crippen molar-refractivity contribution in [1.29, 1.82) is 0 Å². The number of pyridine rings is 1. The second-order valence-electron chi connectivity index (χ2n) is 5.67. The number of aromatic nitrogens is 1. The molecule has 4 nitrogen and oxygen atoms in total. The maximum Gasteiger partial charge on any atom is 0.153 e. The predicted molar refractivity (Wildman–Crippen MR) is 101 cm³/mol. The zero-order valence-electron chi connectivity index (χ0n) is 14.3. The van der Waals surface area contributed by atoms with E-state index in [0.29, 0.717) is 6.61 Å². The summed E-state index contributed by atoms with van der Waals surface area (Å²) in [6, 6.07) is 14.4. The first-order valence-electron chi connectivity index (χ1n) is 8.52. The highest BCUT2D eigenvalue weighted by atomic mass is 19.1. The molecule has 0 amide bonds. The van der Waals surface area contributed by atoms with Gasteiger partial charge in [-0.3, -0.25) is 4.98 Å². The fourth-order valence-electron chi connectivity index (χ4n) is 2.65. The summed E-state index contributed by atoms with van der Waals surface area (Å²) in [5.74, 6) is 0.624. The van der Waals surface area contributed by atoms with Crippen LogP contribution in [0, 0.1) is 5.82 Å². The minimum Gasteiger partial charge on any atom is -0.491 e. The third-order valence-corrected chi connectivity index (χ3v) is 3.86. The van der Waals surface area contributed by atoms with Crippen molar-refractivity contribution in [1.82, 2.24) is 4.98 Å². The third kappa shape index (κ3) is 4.38. The average molecular weight is 339 g/mol. The van der Waals surface area contributed by atoms with E-state index in [2.05, 4.69) is 15.6 Å². The maximum atomic E-state index is 12.9. The summed E-state index contributed by atoms with van der Waals surface area (Å²) in [5, 5.41) is 7.68. The van der Waals surface area contributed by atoms with Gasteiger partial charge < -0.3 is 15.4 Å². The Labute approximate surface area is 147 Å². The van der Waals surface area contributed by atoms with Gasteiger partial charge in [-0.2, -0.15) is 0 Å². The van der Waals surface area contributed by atoms with Crippen molar-refractivity contribution in [2.24, 2.45) is 0 Å². The molecule has 2 aromatic carbocycles. The van der Waals surface area contributed by atoms with Crippen LogP contribution in [0.2, 0.25) is 0 Å². The van der Waals surface area contributed by atoms with Crippen LogP contribution < -0.4 is 15.4 Å². The number of nitrogens with zero attached hydrogens (tertiary/aromatic N) is 1. The number of ether oxygens (including phenoxy) is 1. The van der Waals surface area contributed by atoms with E-state index in [1.165, 1.54) is 12.1 Å². The molecule has 0 aliphatic carbocycles. The van der Waals surface area contributed by atoms with E-state index in [4.69, 9.17) is 4.74 Å². The molecule has 2 N–H and O–H groups in total. The van der Waals surface area contributed by atoms with Gasteiger partial charge in [0, 0.05) is 24.2 Å². The van der Waals surface area contributed by atoms with E-state index in [9.17, 15) is 4.39 Å². The molecule has 5 heteroatoms. The molecular weight excluding hydrogens is 317 g/mol. The molecule has 0 aliphatic heterocycles. The maximum absolute atomic E-state index is 12.9. The molecule has 130 valence electrons. The lowest BCUT2D eigenvalue weighted by Crippen LogP contribution is -2.10. The fraction of sp³-hybridized carbons (Fsp3) is 0.250. The van der Waals surface area contributed by atoms with Gasteiger partial charge in [-0.1, -0.05) is 12.1 Å². The summed E-state index contributed by atoms with van der Waals surface area (Å²) in [6.07, 6.45) is 2.73. The number of rotatable bonds is 8. The Morgan fingerprint density at radius 3 is 2.56 bits per heavy atom. The Hall–Kier alpha value is -2.82. The number of anilines is 2. The van der Waals surface area contributed by atoms with Crippen LogP contribution in [0.1, 0.15) is 13.3 Å². The van der Waals surface area contributed by atoms with Crippen LogP contribution in [0.4, 0.5) is 15.8 Å². The number of hydrogen-bond donors (Lipinski definition) is 2. The Balaban J connectivity index is 1.57. The minimum atomic E-state index is -0.223. The average Bonchev–Trinajstić information content (AvgIpc) is 2.64. The van der Waals surface area contributed by atoms with Crippen LogP contribution in [-0.2, 0) is 0 Å². The number of benzene rings is 2. The molecule has 25 heavy (non-hydrogen) atoms. The smallest absolute Gasteiger partial charge is 0.153 e. The first kappa shape index (κ1) is 17.0. The molecule has 1 aromatic heterocycles. The number of halogens is 1. The van der Waals surface area contributed by atoms with Crippen LogP contribution in [0.25, 0.3) is 10.9 Å². The topological polar surface area (TPSA) is 46.2 Å². The van der Waals surface area contributed by atoms with Crippen molar-refractivity contribution in [3.8, 4) is 5.75 Å². The number of para-hydroxylation sites is 1. The van der Waals surface area contributed by atoms with Gasteiger partial charge in [-0.05, 0) is 49.7 Å². The van der Waals surface area contributed by atoms with Gasteiger partial charge in [0.1, 0.15) is 5.82 Å². The largest absolute Gasteiger partial charge is 0.491 e. The Morgan fingerprint density at radius 2 is 1.76 bits per heavy atom. The molecule has 0 unspecified atom stereocenters. The van der Waals surface area contributed by atoms with Gasteiger partial charge in [0.15, 0.2) is 5.75 Å². The van der Waals surface area contributed by atoms with Gasteiger partial charge in [0.05, 0.1) is 24.0 Å². The molecule has 3 rings (SSSR count). The summed E-state index contributed by atoms with van der Waals surface area (Å²) >= 11 is 0. The first-order chi connectivity index (χ1) is 12.3. The number of fused-ring (bicyclic) bond motifs is 1. The van der Waals surface area contributed by atoms with Gasteiger partial charge in [0.2, 0.25) is 0 Å². The second kappa shape index (κ2) is 8.33. The highest BCUT2D eigenvalue weighted by molar-refractivity contribution is 5.90. The first-order valence-corrected chi connectivity index (χ1v) is 8.52. The van der Waals surface area contributed by atoms with Crippen molar-refractivity contribution in [3.05, 3.63) is 60.5 Å². The molecule has 0 spiro atoms. The zero-order valence-corrected chi connectivity index (χ0v) is 14.3. The van der Waals surface area contributed by atoms with Crippen molar-refractivity contribution < 1.29 is 9.13 Å². The summed E-state index contributed by atoms with van der Waals surface area (Å²) in [4.78, 5) is 4.49. The summed E-state index contributed by atoms with van der Waals surface area (Å²) in [7, 11) is 0. The van der Waals surface area contributed by atoms with Crippen molar-refractivity contribution in [2.75, 3.05) is 30.3 Å². The fourth-order valence-corrected chi connectivity index (χ4v) is 2.65. The minimum absolute atomic E-state index is 0.223. The molecule has 3 aromatic rings. The number of hydrogen-bond acceptors (Lipinski definition) is 4. The molecule has 0 fully saturated rings. The van der Waals surface area contributed by atoms with E-state index >= 15 is 0 Å². The summed E-state index contributed by atoms with van der Waals surface area (Å²) < 4.78 is 18.7. The lowest BCUT2D eigenvalue weighted by atomic mass is 10.2. The van der Waals surface area contributed by atoms with E-state index < -0.39 is 0 Å². The standard InChI is InChI=1S/C20H22FN3O/c1-2-25-20-17-6-3-4-7-18(17)24-14-19(20)23-13-5-12-22-16-10-8-15(21)9-11-16/h3-4,6-11,14,22-23H,2,5,12-13H2,1H3. The molecule has 0 atom stereocenters. The quantitative estimate of drug-likeness (QED) is 0.585. The Bertz CT molecular complexity index is 821.